The van der Waals surface area contributed by atoms with E-state index in [1.165, 1.54) is 42.5 Å². The van der Waals surface area contributed by atoms with Gasteiger partial charge in [0.1, 0.15) is 5.82 Å². The molecular formula is C13H8BrFN2O3. The molecule has 1 N–H and O–H groups in total. The Balaban J connectivity index is 2.19. The molecule has 0 aliphatic heterocycles. The number of nitrogens with one attached hydrogen (secondary N) is 1. The van der Waals surface area contributed by atoms with Gasteiger partial charge in [0.05, 0.1) is 15.0 Å². The van der Waals surface area contributed by atoms with Crippen molar-refractivity contribution in [3.63, 3.8) is 0 Å². The predicted octanol–water partition coefficient (Wildman–Crippen LogP) is 3.75. The number of hydrogen-bond donors (Lipinski definition) is 1. The molecule has 0 radical (unpaired) electrons. The first-order valence-electron chi connectivity index (χ1n) is 5.49. The Bertz CT molecular complexity index is 674. The van der Waals surface area contributed by atoms with E-state index in [9.17, 15) is 19.3 Å². The second kappa shape index (κ2) is 5.79. The number of carbonyl (C=O) groups is 1. The molecule has 0 saturated heterocycles. The van der Waals surface area contributed by atoms with Crippen molar-refractivity contribution in [1.29, 1.82) is 0 Å². The van der Waals surface area contributed by atoms with Gasteiger partial charge in [-0.3, -0.25) is 14.9 Å². The third-order valence-corrected chi connectivity index (χ3v) is 3.34. The highest BCUT2D eigenvalue weighted by molar-refractivity contribution is 9.10. The van der Waals surface area contributed by atoms with E-state index in [1.807, 2.05) is 0 Å². The molecule has 0 aromatic heterocycles. The van der Waals surface area contributed by atoms with Gasteiger partial charge in [-0.25, -0.2) is 4.39 Å². The van der Waals surface area contributed by atoms with Gasteiger partial charge in [0.2, 0.25) is 0 Å². The van der Waals surface area contributed by atoms with Crippen LogP contribution in [-0.4, -0.2) is 10.8 Å². The van der Waals surface area contributed by atoms with Crippen LogP contribution < -0.4 is 5.32 Å². The first kappa shape index (κ1) is 14.1. The normalized spacial score (nSPS) is 10.1. The maximum absolute atomic E-state index is 13.3. The summed E-state index contributed by atoms with van der Waals surface area (Å²) in [5.74, 6) is -1.05. The molecule has 0 aliphatic carbocycles. The van der Waals surface area contributed by atoms with Crippen LogP contribution in [0.4, 0.5) is 15.8 Å². The Kier molecular flexibility index (Phi) is 4.09. The Morgan fingerprint density at radius 3 is 2.45 bits per heavy atom. The lowest BCUT2D eigenvalue weighted by Gasteiger charge is -2.07. The van der Waals surface area contributed by atoms with Crippen molar-refractivity contribution in [1.82, 2.24) is 0 Å². The van der Waals surface area contributed by atoms with Crippen LogP contribution >= 0.6 is 15.9 Å². The molecule has 0 saturated carbocycles. The van der Waals surface area contributed by atoms with Gasteiger partial charge in [0.25, 0.3) is 11.6 Å². The van der Waals surface area contributed by atoms with Crippen LogP contribution in [0.15, 0.2) is 46.9 Å². The van der Waals surface area contributed by atoms with Crippen molar-refractivity contribution in [2.24, 2.45) is 0 Å². The molecule has 0 fully saturated rings. The fourth-order valence-electron chi connectivity index (χ4n) is 1.54. The molecule has 0 heterocycles. The number of nitro benzene ring substituents is 1. The van der Waals surface area contributed by atoms with Gasteiger partial charge < -0.3 is 5.32 Å². The van der Waals surface area contributed by atoms with Gasteiger partial charge in [-0.15, -0.1) is 0 Å². The zero-order valence-electron chi connectivity index (χ0n) is 9.97. The third kappa shape index (κ3) is 3.00. The number of amides is 1. The summed E-state index contributed by atoms with van der Waals surface area (Å²) >= 11 is 3.00. The van der Waals surface area contributed by atoms with Crippen LogP contribution in [0.25, 0.3) is 0 Å². The minimum atomic E-state index is -0.540. The summed E-state index contributed by atoms with van der Waals surface area (Å²) in [5, 5.41) is 13.0. The topological polar surface area (TPSA) is 72.2 Å². The molecule has 0 aliphatic rings. The van der Waals surface area contributed by atoms with Crippen molar-refractivity contribution < 1.29 is 14.1 Å². The third-order valence-electron chi connectivity index (χ3n) is 2.53. The number of non-ortho nitro benzene ring substituents is 1. The van der Waals surface area contributed by atoms with E-state index in [4.69, 9.17) is 0 Å². The van der Waals surface area contributed by atoms with Crippen LogP contribution in [0, 0.1) is 15.9 Å². The van der Waals surface area contributed by atoms with Gasteiger partial charge in [0, 0.05) is 17.8 Å². The molecule has 2 aromatic rings. The molecule has 0 unspecified atom stereocenters. The molecule has 2 rings (SSSR count). The van der Waals surface area contributed by atoms with E-state index in [1.54, 1.807) is 0 Å². The molecule has 1 amide bonds. The number of rotatable bonds is 3. The second-order valence-corrected chi connectivity index (χ2v) is 4.65. The summed E-state index contributed by atoms with van der Waals surface area (Å²) in [6.45, 7) is 0. The number of carbonyl (C=O) groups excluding carboxylic acids is 1. The zero-order valence-corrected chi connectivity index (χ0v) is 11.6. The van der Waals surface area contributed by atoms with E-state index >= 15 is 0 Å². The van der Waals surface area contributed by atoms with E-state index in [2.05, 4.69) is 21.2 Å². The van der Waals surface area contributed by atoms with Crippen molar-refractivity contribution >= 4 is 33.2 Å². The number of benzene rings is 2. The summed E-state index contributed by atoms with van der Waals surface area (Å²) in [7, 11) is 0. The number of hydrogen-bond acceptors (Lipinski definition) is 3. The Morgan fingerprint density at radius 2 is 1.85 bits per heavy atom. The van der Waals surface area contributed by atoms with Crippen LogP contribution in [0.3, 0.4) is 0 Å². The highest BCUT2D eigenvalue weighted by Crippen LogP contribution is 2.22. The van der Waals surface area contributed by atoms with Crippen LogP contribution in [0.5, 0.6) is 0 Å². The largest absolute Gasteiger partial charge is 0.322 e. The smallest absolute Gasteiger partial charge is 0.269 e. The maximum atomic E-state index is 13.3. The van der Waals surface area contributed by atoms with Crippen molar-refractivity contribution in [3.8, 4) is 0 Å². The minimum absolute atomic E-state index is 0.0689. The Labute approximate surface area is 121 Å². The van der Waals surface area contributed by atoms with Crippen molar-refractivity contribution in [2.45, 2.75) is 0 Å². The van der Waals surface area contributed by atoms with Crippen LogP contribution in [0.2, 0.25) is 0 Å². The lowest BCUT2D eigenvalue weighted by Crippen LogP contribution is -2.13. The molecule has 0 bridgehead atoms. The monoisotopic (exact) mass is 338 g/mol. The quantitative estimate of drug-likeness (QED) is 0.684. The number of anilines is 1. The van der Waals surface area contributed by atoms with Crippen LogP contribution in [-0.2, 0) is 0 Å². The van der Waals surface area contributed by atoms with Crippen LogP contribution in [0.1, 0.15) is 10.4 Å². The molecule has 0 atom stereocenters. The summed E-state index contributed by atoms with van der Waals surface area (Å²) in [5.41, 5.74) is 0.454. The summed E-state index contributed by atoms with van der Waals surface area (Å²) in [6, 6.07) is 9.48. The predicted molar refractivity (Wildman–Crippen MR) is 75.1 cm³/mol. The van der Waals surface area contributed by atoms with Crippen molar-refractivity contribution in [2.75, 3.05) is 5.32 Å². The highest BCUT2D eigenvalue weighted by Gasteiger charge is 2.13. The van der Waals surface area contributed by atoms with Gasteiger partial charge in [-0.1, -0.05) is 6.07 Å². The average Bonchev–Trinajstić information content (AvgIpc) is 2.42. The van der Waals surface area contributed by atoms with E-state index in [-0.39, 0.29) is 15.7 Å². The fourth-order valence-corrected chi connectivity index (χ4v) is 1.99. The SMILES string of the molecule is O=C(Nc1ccc([N+](=O)[O-])cc1)c1cccc(F)c1Br. The van der Waals surface area contributed by atoms with E-state index in [0.717, 1.165) is 0 Å². The zero-order chi connectivity index (χ0) is 14.7. The molecule has 20 heavy (non-hydrogen) atoms. The lowest BCUT2D eigenvalue weighted by molar-refractivity contribution is -0.384. The second-order valence-electron chi connectivity index (χ2n) is 3.86. The molecule has 0 spiro atoms. The van der Waals surface area contributed by atoms with E-state index in [0.29, 0.717) is 5.69 Å². The van der Waals surface area contributed by atoms with Gasteiger partial charge in [0.15, 0.2) is 0 Å². The molecule has 7 heteroatoms. The van der Waals surface area contributed by atoms with Crippen molar-refractivity contribution in [3.05, 3.63) is 68.4 Å². The standard InChI is InChI=1S/C13H8BrFN2O3/c14-12-10(2-1-3-11(12)15)13(18)16-8-4-6-9(7-5-8)17(19)20/h1-7H,(H,16,18). The average molecular weight is 339 g/mol. The number of halogens is 2. The Morgan fingerprint density at radius 1 is 1.20 bits per heavy atom. The maximum Gasteiger partial charge on any atom is 0.269 e. The minimum Gasteiger partial charge on any atom is -0.322 e. The first-order valence-corrected chi connectivity index (χ1v) is 6.28. The summed E-state index contributed by atoms with van der Waals surface area (Å²) in [4.78, 5) is 21.9. The first-order chi connectivity index (χ1) is 9.49. The Hall–Kier alpha value is -2.28. The van der Waals surface area contributed by atoms with Gasteiger partial charge in [-0.2, -0.15) is 0 Å². The highest BCUT2D eigenvalue weighted by atomic mass is 79.9. The fraction of sp³-hybridized carbons (Fsp3) is 0. The van der Waals surface area contributed by atoms with Gasteiger partial charge in [-0.05, 0) is 40.2 Å². The summed E-state index contributed by atoms with van der Waals surface area (Å²) in [6.07, 6.45) is 0. The van der Waals surface area contributed by atoms with E-state index < -0.39 is 16.6 Å². The molecule has 102 valence electrons. The number of nitro groups is 1. The number of nitrogens with zero attached hydrogens (tertiary/aromatic N) is 1. The van der Waals surface area contributed by atoms with Gasteiger partial charge >= 0.3 is 0 Å². The molecule has 5 nitrogen and oxygen atoms in total. The molecule has 2 aromatic carbocycles. The summed E-state index contributed by atoms with van der Waals surface area (Å²) < 4.78 is 13.4. The molecular weight excluding hydrogens is 331 g/mol. The lowest BCUT2D eigenvalue weighted by atomic mass is 10.2.